The summed E-state index contributed by atoms with van der Waals surface area (Å²) in [7, 11) is 0. The highest BCUT2D eigenvalue weighted by Crippen LogP contribution is 2.45. The monoisotopic (exact) mass is 339 g/mol. The number of hydrogen-bond acceptors (Lipinski definition) is 5. The molecule has 8 heteroatoms. The van der Waals surface area contributed by atoms with E-state index in [2.05, 4.69) is 10.2 Å². The molecule has 7 nitrogen and oxygen atoms in total. The van der Waals surface area contributed by atoms with Gasteiger partial charge in [0.1, 0.15) is 12.0 Å². The molecule has 1 atom stereocenters. The van der Waals surface area contributed by atoms with E-state index in [0.29, 0.717) is 16.5 Å². The van der Waals surface area contributed by atoms with Crippen LogP contribution < -0.4 is 9.96 Å². The van der Waals surface area contributed by atoms with E-state index in [1.165, 1.54) is 5.06 Å². The van der Waals surface area contributed by atoms with E-state index in [0.717, 1.165) is 11.4 Å². The van der Waals surface area contributed by atoms with Crippen LogP contribution in [0.4, 0.5) is 16.2 Å². The zero-order valence-electron chi connectivity index (χ0n) is 12.2. The van der Waals surface area contributed by atoms with Crippen LogP contribution in [0.15, 0.2) is 54.9 Å². The van der Waals surface area contributed by atoms with Crippen molar-refractivity contribution in [3.8, 4) is 5.69 Å². The van der Waals surface area contributed by atoms with Crippen molar-refractivity contribution >= 4 is 29.1 Å². The highest BCUT2D eigenvalue weighted by Gasteiger charge is 2.48. The molecule has 24 heavy (non-hydrogen) atoms. The first-order valence-corrected chi connectivity index (χ1v) is 7.67. The fourth-order valence-corrected chi connectivity index (χ4v) is 3.27. The summed E-state index contributed by atoms with van der Waals surface area (Å²) in [5, 5.41) is 10.3. The lowest BCUT2D eigenvalue weighted by Gasteiger charge is -2.32. The van der Waals surface area contributed by atoms with Gasteiger partial charge >= 0.3 is 6.09 Å². The molecule has 2 aromatic carbocycles. The SMILES string of the molecule is O=C1ON2c3cc(Cl)ccc3-n3cnnc3C2N1c1ccccc1. The Morgan fingerprint density at radius 1 is 1.08 bits per heavy atom. The molecular formula is C16H10ClN5O2. The summed E-state index contributed by atoms with van der Waals surface area (Å²) in [5.74, 6) is 0.597. The fourth-order valence-electron chi connectivity index (χ4n) is 3.10. The van der Waals surface area contributed by atoms with Crippen molar-refractivity contribution in [2.24, 2.45) is 0 Å². The number of benzene rings is 2. The van der Waals surface area contributed by atoms with Crippen molar-refractivity contribution in [3.05, 3.63) is 65.7 Å². The van der Waals surface area contributed by atoms with Gasteiger partial charge in [0.2, 0.25) is 6.17 Å². The molecule has 118 valence electrons. The summed E-state index contributed by atoms with van der Waals surface area (Å²) in [6.07, 6.45) is 0.590. The van der Waals surface area contributed by atoms with Gasteiger partial charge in [-0.2, -0.15) is 5.06 Å². The van der Waals surface area contributed by atoms with E-state index in [9.17, 15) is 4.79 Å². The van der Waals surface area contributed by atoms with Crippen LogP contribution in [0.1, 0.15) is 12.0 Å². The van der Waals surface area contributed by atoms with Gasteiger partial charge < -0.3 is 4.84 Å². The van der Waals surface area contributed by atoms with Crippen LogP contribution in [-0.4, -0.2) is 20.9 Å². The minimum Gasteiger partial charge on any atom is -0.318 e. The van der Waals surface area contributed by atoms with Gasteiger partial charge in [0, 0.05) is 10.7 Å². The summed E-state index contributed by atoms with van der Waals surface area (Å²) < 4.78 is 1.84. The van der Waals surface area contributed by atoms with Crippen LogP contribution in [0.3, 0.4) is 0 Å². The Kier molecular flexibility index (Phi) is 2.63. The molecule has 1 aromatic heterocycles. The molecule has 1 unspecified atom stereocenters. The summed E-state index contributed by atoms with van der Waals surface area (Å²) in [5.41, 5.74) is 2.21. The Balaban J connectivity index is 1.74. The van der Waals surface area contributed by atoms with E-state index in [1.54, 1.807) is 23.4 Å². The van der Waals surface area contributed by atoms with Gasteiger partial charge in [-0.05, 0) is 30.3 Å². The van der Waals surface area contributed by atoms with Crippen molar-refractivity contribution in [1.29, 1.82) is 0 Å². The zero-order valence-corrected chi connectivity index (χ0v) is 13.0. The number of para-hydroxylation sites is 1. The first-order valence-electron chi connectivity index (χ1n) is 7.29. The van der Waals surface area contributed by atoms with Crippen LogP contribution in [0, 0.1) is 0 Å². The Hall–Kier alpha value is -3.06. The third-order valence-electron chi connectivity index (χ3n) is 4.11. The minimum atomic E-state index is -0.548. The normalized spacial score (nSPS) is 18.0. The number of carbonyl (C=O) groups is 1. The summed E-state index contributed by atoms with van der Waals surface area (Å²) >= 11 is 6.14. The summed E-state index contributed by atoms with van der Waals surface area (Å²) in [6, 6.07) is 14.7. The van der Waals surface area contributed by atoms with Crippen molar-refractivity contribution < 1.29 is 9.63 Å². The maximum absolute atomic E-state index is 12.5. The van der Waals surface area contributed by atoms with Crippen LogP contribution >= 0.6 is 11.6 Å². The van der Waals surface area contributed by atoms with E-state index < -0.39 is 12.3 Å². The Morgan fingerprint density at radius 2 is 1.92 bits per heavy atom. The number of carbonyl (C=O) groups excluding carboxylic acids is 1. The standard InChI is InChI=1S/C16H10ClN5O2/c17-10-6-7-12-13(8-10)22-15(14-19-18-9-20(12)14)21(16(23)24-22)11-4-2-1-3-5-11/h1-9,15H. The molecule has 0 N–H and O–H groups in total. The first-order chi connectivity index (χ1) is 11.7. The topological polar surface area (TPSA) is 63.5 Å². The van der Waals surface area contributed by atoms with Crippen molar-refractivity contribution in [2.45, 2.75) is 6.17 Å². The van der Waals surface area contributed by atoms with Gasteiger partial charge in [0.15, 0.2) is 5.82 Å². The Morgan fingerprint density at radius 3 is 2.75 bits per heavy atom. The number of nitrogens with zero attached hydrogens (tertiary/aromatic N) is 5. The van der Waals surface area contributed by atoms with Crippen molar-refractivity contribution in [2.75, 3.05) is 9.96 Å². The lowest BCUT2D eigenvalue weighted by Crippen LogP contribution is -2.36. The van der Waals surface area contributed by atoms with Crippen molar-refractivity contribution in [1.82, 2.24) is 14.8 Å². The van der Waals surface area contributed by atoms with Gasteiger partial charge in [-0.25, -0.2) is 9.69 Å². The highest BCUT2D eigenvalue weighted by molar-refractivity contribution is 6.31. The number of hydroxylamine groups is 1. The maximum Gasteiger partial charge on any atom is 0.441 e. The molecule has 1 amide bonds. The van der Waals surface area contributed by atoms with Gasteiger partial charge in [0.25, 0.3) is 0 Å². The lowest BCUT2D eigenvalue weighted by atomic mass is 10.2. The van der Waals surface area contributed by atoms with Crippen LogP contribution in [0.2, 0.25) is 5.02 Å². The first kappa shape index (κ1) is 13.4. The summed E-state index contributed by atoms with van der Waals surface area (Å²) in [6.45, 7) is 0. The summed E-state index contributed by atoms with van der Waals surface area (Å²) in [4.78, 5) is 19.6. The van der Waals surface area contributed by atoms with Crippen LogP contribution in [-0.2, 0) is 4.84 Å². The average Bonchev–Trinajstić information content (AvgIpc) is 3.19. The third kappa shape index (κ3) is 1.70. The highest BCUT2D eigenvalue weighted by atomic mass is 35.5. The zero-order chi connectivity index (χ0) is 16.3. The smallest absolute Gasteiger partial charge is 0.318 e. The largest absolute Gasteiger partial charge is 0.441 e. The molecule has 0 saturated carbocycles. The van der Waals surface area contributed by atoms with E-state index in [4.69, 9.17) is 16.4 Å². The fraction of sp³-hybridized carbons (Fsp3) is 0.0625. The van der Waals surface area contributed by atoms with Crippen LogP contribution in [0.25, 0.3) is 5.69 Å². The van der Waals surface area contributed by atoms with E-state index >= 15 is 0 Å². The minimum absolute atomic E-state index is 0.478. The van der Waals surface area contributed by atoms with Gasteiger partial charge in [-0.1, -0.05) is 29.8 Å². The number of hydrogen-bond donors (Lipinski definition) is 0. The predicted molar refractivity (Wildman–Crippen MR) is 87.0 cm³/mol. The number of anilines is 2. The van der Waals surface area contributed by atoms with Gasteiger partial charge in [-0.3, -0.25) is 4.57 Å². The van der Waals surface area contributed by atoms with Crippen molar-refractivity contribution in [3.63, 3.8) is 0 Å². The molecule has 3 aromatic rings. The van der Waals surface area contributed by atoms with Gasteiger partial charge in [-0.15, -0.1) is 10.2 Å². The molecule has 0 spiro atoms. The number of fused-ring (bicyclic) bond motifs is 6. The quantitative estimate of drug-likeness (QED) is 0.680. The Labute approximate surface area is 141 Å². The molecule has 3 heterocycles. The molecule has 0 bridgehead atoms. The van der Waals surface area contributed by atoms with Crippen LogP contribution in [0.5, 0.6) is 0 Å². The third-order valence-corrected chi connectivity index (χ3v) is 4.35. The molecule has 1 saturated heterocycles. The number of amides is 1. The molecule has 1 fully saturated rings. The van der Waals surface area contributed by atoms with E-state index in [1.807, 2.05) is 41.0 Å². The van der Waals surface area contributed by atoms with E-state index in [-0.39, 0.29) is 0 Å². The Bertz CT molecular complexity index is 958. The predicted octanol–water partition coefficient (Wildman–Crippen LogP) is 3.31. The number of aromatic nitrogens is 3. The van der Waals surface area contributed by atoms with Gasteiger partial charge in [0.05, 0.1) is 5.69 Å². The molecule has 2 aliphatic heterocycles. The maximum atomic E-state index is 12.5. The number of rotatable bonds is 1. The average molecular weight is 340 g/mol. The lowest BCUT2D eigenvalue weighted by molar-refractivity contribution is 0.162. The molecule has 5 rings (SSSR count). The second-order valence-corrected chi connectivity index (χ2v) is 5.89. The second-order valence-electron chi connectivity index (χ2n) is 5.45. The molecular weight excluding hydrogens is 330 g/mol. The molecule has 2 aliphatic rings. The number of halogens is 1. The molecule has 0 aliphatic carbocycles. The second kappa shape index (κ2) is 4.72. The molecule has 0 radical (unpaired) electrons.